The van der Waals surface area contributed by atoms with Gasteiger partial charge in [0.1, 0.15) is 6.33 Å². The molecule has 0 fully saturated rings. The van der Waals surface area contributed by atoms with E-state index in [2.05, 4.69) is 15.1 Å². The molecule has 116 valence electrons. The summed E-state index contributed by atoms with van der Waals surface area (Å²) in [7, 11) is 0. The van der Waals surface area contributed by atoms with E-state index in [1.165, 1.54) is 11.0 Å². The second-order valence-corrected chi connectivity index (χ2v) is 5.22. The zero-order chi connectivity index (χ0) is 16.4. The maximum absolute atomic E-state index is 12.4. The van der Waals surface area contributed by atoms with E-state index in [0.29, 0.717) is 10.9 Å². The molecule has 4 aromatic rings. The van der Waals surface area contributed by atoms with Gasteiger partial charge in [-0.05, 0) is 29.8 Å². The van der Waals surface area contributed by atoms with Gasteiger partial charge < -0.3 is 4.57 Å². The van der Waals surface area contributed by atoms with E-state index < -0.39 is 0 Å². The Labute approximate surface area is 137 Å². The molecule has 6 nitrogen and oxygen atoms in total. The van der Waals surface area contributed by atoms with Gasteiger partial charge in [-0.1, -0.05) is 24.3 Å². The monoisotopic (exact) mass is 315 g/mol. The Bertz CT molecular complexity index is 1060. The molecule has 0 spiro atoms. The fraction of sp³-hybridized carbons (Fsp3) is 0. The molecule has 4 rings (SSSR count). The van der Waals surface area contributed by atoms with Crippen LogP contribution in [0.15, 0.2) is 83.5 Å². The van der Waals surface area contributed by atoms with E-state index in [1.54, 1.807) is 30.9 Å². The van der Waals surface area contributed by atoms with Crippen molar-refractivity contribution in [3.05, 3.63) is 89.5 Å². The van der Waals surface area contributed by atoms with Crippen LogP contribution in [-0.2, 0) is 0 Å². The summed E-state index contributed by atoms with van der Waals surface area (Å²) < 4.78 is 3.16. The second kappa shape index (κ2) is 5.92. The third-order valence-electron chi connectivity index (χ3n) is 3.68. The SMILES string of the molecule is O=c1c2ccccc2ncn1/N=C/c1ccc(-n2ccnc2)cc1. The first-order chi connectivity index (χ1) is 11.8. The van der Waals surface area contributed by atoms with Crippen molar-refractivity contribution in [1.29, 1.82) is 0 Å². The normalized spacial score (nSPS) is 11.3. The van der Waals surface area contributed by atoms with Gasteiger partial charge in [-0.15, -0.1) is 0 Å². The minimum atomic E-state index is -0.188. The van der Waals surface area contributed by atoms with Gasteiger partial charge in [-0.2, -0.15) is 9.78 Å². The lowest BCUT2D eigenvalue weighted by Crippen LogP contribution is -2.16. The van der Waals surface area contributed by atoms with Gasteiger partial charge in [0.2, 0.25) is 0 Å². The average molecular weight is 315 g/mol. The summed E-state index contributed by atoms with van der Waals surface area (Å²) in [4.78, 5) is 20.6. The van der Waals surface area contributed by atoms with E-state index in [-0.39, 0.29) is 5.56 Å². The highest BCUT2D eigenvalue weighted by Gasteiger charge is 2.01. The Morgan fingerprint density at radius 3 is 2.62 bits per heavy atom. The van der Waals surface area contributed by atoms with Crippen molar-refractivity contribution in [2.24, 2.45) is 5.10 Å². The minimum Gasteiger partial charge on any atom is -0.306 e. The number of imidazole rings is 1. The summed E-state index contributed by atoms with van der Waals surface area (Å²) in [5.74, 6) is 0. The quantitative estimate of drug-likeness (QED) is 0.546. The molecule has 0 bridgehead atoms. The standard InChI is InChI=1S/C18H13N5O/c24-18-16-3-1-2-4-17(16)20-13-23(18)21-11-14-5-7-15(8-6-14)22-10-9-19-12-22/h1-13H/b21-11+. The van der Waals surface area contributed by atoms with Gasteiger partial charge in [0.25, 0.3) is 5.56 Å². The number of hydrogen-bond acceptors (Lipinski definition) is 4. The van der Waals surface area contributed by atoms with E-state index in [9.17, 15) is 4.79 Å². The summed E-state index contributed by atoms with van der Waals surface area (Å²) in [6, 6.07) is 15.0. The fourth-order valence-electron chi connectivity index (χ4n) is 2.42. The number of nitrogens with zero attached hydrogens (tertiary/aromatic N) is 5. The molecule has 2 aromatic heterocycles. The molecular weight excluding hydrogens is 302 g/mol. The Morgan fingerprint density at radius 1 is 1.00 bits per heavy atom. The number of aromatic nitrogens is 4. The van der Waals surface area contributed by atoms with Crippen LogP contribution in [0.2, 0.25) is 0 Å². The molecule has 0 saturated carbocycles. The highest BCUT2D eigenvalue weighted by molar-refractivity contribution is 5.80. The van der Waals surface area contributed by atoms with Crippen molar-refractivity contribution in [1.82, 2.24) is 19.2 Å². The summed E-state index contributed by atoms with van der Waals surface area (Å²) in [6.45, 7) is 0. The van der Waals surface area contributed by atoms with Gasteiger partial charge in [0.05, 0.1) is 23.4 Å². The topological polar surface area (TPSA) is 65.1 Å². The lowest BCUT2D eigenvalue weighted by molar-refractivity contribution is 0.817. The van der Waals surface area contributed by atoms with Crippen LogP contribution in [0.4, 0.5) is 0 Å². The lowest BCUT2D eigenvalue weighted by atomic mass is 10.2. The van der Waals surface area contributed by atoms with Crippen LogP contribution >= 0.6 is 0 Å². The molecule has 2 aromatic carbocycles. The molecule has 0 amide bonds. The van der Waals surface area contributed by atoms with Crippen LogP contribution < -0.4 is 5.56 Å². The number of benzene rings is 2. The summed E-state index contributed by atoms with van der Waals surface area (Å²) in [5, 5.41) is 4.76. The first-order valence-corrected chi connectivity index (χ1v) is 7.40. The van der Waals surface area contributed by atoms with Crippen LogP contribution in [0.1, 0.15) is 5.56 Å². The first kappa shape index (κ1) is 14.1. The van der Waals surface area contributed by atoms with E-state index >= 15 is 0 Å². The van der Waals surface area contributed by atoms with Crippen LogP contribution in [-0.4, -0.2) is 25.4 Å². The van der Waals surface area contributed by atoms with Gasteiger partial charge >= 0.3 is 0 Å². The van der Waals surface area contributed by atoms with Gasteiger partial charge in [-0.25, -0.2) is 9.97 Å². The zero-order valence-corrected chi connectivity index (χ0v) is 12.6. The molecule has 0 aliphatic heterocycles. The van der Waals surface area contributed by atoms with Crippen LogP contribution in [0, 0.1) is 0 Å². The van der Waals surface area contributed by atoms with Crippen molar-refractivity contribution in [3.8, 4) is 5.69 Å². The molecule has 6 heteroatoms. The maximum Gasteiger partial charge on any atom is 0.281 e. The molecule has 0 aliphatic carbocycles. The number of para-hydroxylation sites is 1. The highest BCUT2D eigenvalue weighted by atomic mass is 16.1. The third-order valence-corrected chi connectivity index (χ3v) is 3.68. The first-order valence-electron chi connectivity index (χ1n) is 7.40. The summed E-state index contributed by atoms with van der Waals surface area (Å²) in [6.07, 6.45) is 8.41. The van der Waals surface area contributed by atoms with E-state index in [1.807, 2.05) is 47.2 Å². The van der Waals surface area contributed by atoms with Crippen LogP contribution in [0.3, 0.4) is 0 Å². The summed E-state index contributed by atoms with van der Waals surface area (Å²) >= 11 is 0. The van der Waals surface area contributed by atoms with Gasteiger partial charge in [-0.3, -0.25) is 4.79 Å². The molecule has 0 atom stereocenters. The summed E-state index contributed by atoms with van der Waals surface area (Å²) in [5.41, 5.74) is 2.37. The third kappa shape index (κ3) is 2.61. The maximum atomic E-state index is 12.4. The predicted octanol–water partition coefficient (Wildman–Crippen LogP) is 2.46. The smallest absolute Gasteiger partial charge is 0.281 e. The molecular formula is C18H13N5O. The van der Waals surface area contributed by atoms with Crippen molar-refractivity contribution in [2.45, 2.75) is 0 Å². The Kier molecular flexibility index (Phi) is 3.47. The van der Waals surface area contributed by atoms with Crippen molar-refractivity contribution >= 4 is 17.1 Å². The van der Waals surface area contributed by atoms with Crippen molar-refractivity contribution < 1.29 is 0 Å². The van der Waals surface area contributed by atoms with E-state index in [0.717, 1.165) is 11.3 Å². The van der Waals surface area contributed by atoms with Gasteiger partial charge in [0.15, 0.2) is 0 Å². The Morgan fingerprint density at radius 2 is 1.83 bits per heavy atom. The van der Waals surface area contributed by atoms with E-state index in [4.69, 9.17) is 0 Å². The number of fused-ring (bicyclic) bond motifs is 1. The predicted molar refractivity (Wildman–Crippen MR) is 92.6 cm³/mol. The number of hydrogen-bond donors (Lipinski definition) is 0. The van der Waals surface area contributed by atoms with Crippen LogP contribution in [0.5, 0.6) is 0 Å². The van der Waals surface area contributed by atoms with Crippen molar-refractivity contribution in [3.63, 3.8) is 0 Å². The Balaban J connectivity index is 1.63. The second-order valence-electron chi connectivity index (χ2n) is 5.22. The molecule has 24 heavy (non-hydrogen) atoms. The molecule has 0 saturated heterocycles. The molecule has 0 N–H and O–H groups in total. The van der Waals surface area contributed by atoms with Gasteiger partial charge in [0, 0.05) is 18.1 Å². The fourth-order valence-corrected chi connectivity index (χ4v) is 2.42. The largest absolute Gasteiger partial charge is 0.306 e. The molecule has 2 heterocycles. The van der Waals surface area contributed by atoms with Crippen molar-refractivity contribution in [2.75, 3.05) is 0 Å². The highest BCUT2D eigenvalue weighted by Crippen LogP contribution is 2.08. The lowest BCUT2D eigenvalue weighted by Gasteiger charge is -2.02. The Hall–Kier alpha value is -3.54. The molecule has 0 radical (unpaired) electrons. The van der Waals surface area contributed by atoms with Crippen LogP contribution in [0.25, 0.3) is 16.6 Å². The molecule has 0 aliphatic rings. The minimum absolute atomic E-state index is 0.188. The zero-order valence-electron chi connectivity index (χ0n) is 12.6. The number of rotatable bonds is 3. The average Bonchev–Trinajstić information content (AvgIpc) is 3.17. The molecule has 0 unspecified atom stereocenters.